The van der Waals surface area contributed by atoms with Crippen LogP contribution in [0.1, 0.15) is 124 Å². The zero-order valence-corrected chi connectivity index (χ0v) is 15.7. The van der Waals surface area contributed by atoms with Crippen LogP contribution in [-0.2, 0) is 0 Å². The molecule has 0 amide bonds. The van der Waals surface area contributed by atoms with Crippen LogP contribution < -0.4 is 0 Å². The number of hydrogen-bond donors (Lipinski definition) is 0. The van der Waals surface area contributed by atoms with Gasteiger partial charge in [0.15, 0.2) is 0 Å². The Balaban J connectivity index is 3.12. The van der Waals surface area contributed by atoms with Crippen LogP contribution in [0.15, 0.2) is 0 Å². The highest BCUT2D eigenvalue weighted by Crippen LogP contribution is 2.29. The summed E-state index contributed by atoms with van der Waals surface area (Å²) in [6, 6.07) is 0. The first-order chi connectivity index (χ1) is 10.1. The molecule has 0 aliphatic carbocycles. The average molecular weight is 296 g/mol. The fourth-order valence-electron chi connectivity index (χ4n) is 3.26. The van der Waals surface area contributed by atoms with Gasteiger partial charge in [-0.05, 0) is 24.7 Å². The Morgan fingerprint density at radius 3 is 1.67 bits per heavy atom. The maximum Gasteiger partial charge on any atom is -0.0354 e. The molecular weight excluding hydrogens is 252 g/mol. The van der Waals surface area contributed by atoms with Gasteiger partial charge in [0.2, 0.25) is 0 Å². The highest BCUT2D eigenvalue weighted by atomic mass is 14.2. The predicted octanol–water partition coefficient (Wildman–Crippen LogP) is 8.11. The lowest BCUT2D eigenvalue weighted by Gasteiger charge is -2.23. The van der Waals surface area contributed by atoms with Crippen molar-refractivity contribution in [1.82, 2.24) is 0 Å². The Morgan fingerprint density at radius 2 is 1.10 bits per heavy atom. The zero-order valence-electron chi connectivity index (χ0n) is 15.7. The van der Waals surface area contributed by atoms with Crippen LogP contribution in [0.4, 0.5) is 0 Å². The largest absolute Gasteiger partial charge is 0.0654 e. The van der Waals surface area contributed by atoms with Crippen LogP contribution in [0.25, 0.3) is 0 Å². The van der Waals surface area contributed by atoms with Crippen molar-refractivity contribution in [3.63, 3.8) is 0 Å². The minimum Gasteiger partial charge on any atom is -0.0654 e. The van der Waals surface area contributed by atoms with E-state index in [1.54, 1.807) is 0 Å². The van der Waals surface area contributed by atoms with Crippen molar-refractivity contribution in [3.8, 4) is 0 Å². The molecule has 0 saturated heterocycles. The third-order valence-electron chi connectivity index (χ3n) is 4.70. The molecular formula is C21H43. The van der Waals surface area contributed by atoms with Crippen molar-refractivity contribution in [1.29, 1.82) is 0 Å². The Bertz CT molecular complexity index is 192. The van der Waals surface area contributed by atoms with Crippen molar-refractivity contribution in [2.24, 2.45) is 5.41 Å². The number of rotatable bonds is 16. The lowest BCUT2D eigenvalue weighted by molar-refractivity contribution is 0.291. The van der Waals surface area contributed by atoms with Gasteiger partial charge in [-0.15, -0.1) is 0 Å². The molecule has 0 aromatic heterocycles. The zero-order chi connectivity index (χ0) is 15.8. The first kappa shape index (κ1) is 21.0. The first-order valence-corrected chi connectivity index (χ1v) is 9.94. The molecule has 0 atom stereocenters. The molecule has 0 spiro atoms. The topological polar surface area (TPSA) is 0 Å². The molecule has 0 rings (SSSR count). The third-order valence-corrected chi connectivity index (χ3v) is 4.70. The fraction of sp³-hybridized carbons (Fsp3) is 0.952. The maximum absolute atomic E-state index is 2.54. The summed E-state index contributed by atoms with van der Waals surface area (Å²) in [7, 11) is 0. The van der Waals surface area contributed by atoms with Crippen LogP contribution in [-0.4, -0.2) is 0 Å². The molecule has 0 unspecified atom stereocenters. The van der Waals surface area contributed by atoms with Gasteiger partial charge in [-0.2, -0.15) is 0 Å². The highest BCUT2D eigenvalue weighted by Gasteiger charge is 2.15. The van der Waals surface area contributed by atoms with Gasteiger partial charge >= 0.3 is 0 Å². The molecule has 0 heterocycles. The smallest absolute Gasteiger partial charge is 0.0354 e. The van der Waals surface area contributed by atoms with Gasteiger partial charge in [-0.1, -0.05) is 111 Å². The molecule has 0 aliphatic rings. The number of unbranched alkanes of at least 4 members (excludes halogenated alkanes) is 12. The molecule has 1 radical (unpaired) electrons. The molecule has 0 aromatic carbocycles. The monoisotopic (exact) mass is 295 g/mol. The SMILES string of the molecule is CCCCCCCCC[CH]CCCCCC(C)(C)CCC. The van der Waals surface area contributed by atoms with Gasteiger partial charge in [0, 0.05) is 0 Å². The van der Waals surface area contributed by atoms with Crippen LogP contribution in [0.3, 0.4) is 0 Å². The molecule has 0 nitrogen and oxygen atoms in total. The second-order valence-electron chi connectivity index (χ2n) is 7.71. The van der Waals surface area contributed by atoms with Crippen molar-refractivity contribution < 1.29 is 0 Å². The molecule has 0 bridgehead atoms. The van der Waals surface area contributed by atoms with Crippen LogP contribution in [0, 0.1) is 11.8 Å². The summed E-state index contributed by atoms with van der Waals surface area (Å²) < 4.78 is 0. The van der Waals surface area contributed by atoms with Gasteiger partial charge in [0.25, 0.3) is 0 Å². The quantitative estimate of drug-likeness (QED) is 0.252. The van der Waals surface area contributed by atoms with Crippen LogP contribution in [0.2, 0.25) is 0 Å². The van der Waals surface area contributed by atoms with E-state index in [2.05, 4.69) is 34.1 Å². The summed E-state index contributed by atoms with van der Waals surface area (Å²) in [5.41, 5.74) is 0.580. The first-order valence-electron chi connectivity index (χ1n) is 9.94. The summed E-state index contributed by atoms with van der Waals surface area (Å²) in [6.07, 6.45) is 23.7. The van der Waals surface area contributed by atoms with E-state index in [9.17, 15) is 0 Å². The van der Waals surface area contributed by atoms with Gasteiger partial charge in [-0.25, -0.2) is 0 Å². The average Bonchev–Trinajstić information content (AvgIpc) is 2.44. The minimum atomic E-state index is 0.580. The molecule has 0 heteroatoms. The van der Waals surface area contributed by atoms with E-state index in [-0.39, 0.29) is 0 Å². The normalized spacial score (nSPS) is 12.0. The van der Waals surface area contributed by atoms with E-state index >= 15 is 0 Å². The van der Waals surface area contributed by atoms with Crippen molar-refractivity contribution in [2.45, 2.75) is 124 Å². The second-order valence-corrected chi connectivity index (χ2v) is 7.71. The van der Waals surface area contributed by atoms with E-state index in [1.165, 1.54) is 96.3 Å². The summed E-state index contributed by atoms with van der Waals surface area (Å²) in [5, 5.41) is 0. The van der Waals surface area contributed by atoms with Crippen LogP contribution in [0.5, 0.6) is 0 Å². The van der Waals surface area contributed by atoms with Gasteiger partial charge in [0.1, 0.15) is 0 Å². The Morgan fingerprint density at radius 1 is 0.571 bits per heavy atom. The lowest BCUT2D eigenvalue weighted by atomic mass is 9.83. The van der Waals surface area contributed by atoms with E-state index < -0.39 is 0 Å². The highest BCUT2D eigenvalue weighted by molar-refractivity contribution is 4.69. The van der Waals surface area contributed by atoms with E-state index in [1.807, 2.05) is 0 Å². The van der Waals surface area contributed by atoms with Crippen molar-refractivity contribution in [2.75, 3.05) is 0 Å². The third kappa shape index (κ3) is 16.2. The standard InChI is InChI=1S/C21H43/c1-5-7-8-9-10-11-12-13-14-15-16-17-18-20-21(3,4)19-6-2/h14H,5-13,15-20H2,1-4H3. The summed E-state index contributed by atoms with van der Waals surface area (Å²) in [6.45, 7) is 9.46. The van der Waals surface area contributed by atoms with E-state index in [0.717, 1.165) is 0 Å². The van der Waals surface area contributed by atoms with Gasteiger partial charge in [0.05, 0.1) is 0 Å². The Labute approximate surface area is 136 Å². The molecule has 0 aliphatic heterocycles. The lowest BCUT2D eigenvalue weighted by Crippen LogP contribution is -2.10. The van der Waals surface area contributed by atoms with Crippen molar-refractivity contribution in [3.05, 3.63) is 6.42 Å². The van der Waals surface area contributed by atoms with E-state index in [4.69, 9.17) is 0 Å². The minimum absolute atomic E-state index is 0.580. The van der Waals surface area contributed by atoms with Gasteiger partial charge in [-0.3, -0.25) is 0 Å². The Hall–Kier alpha value is 0. The molecule has 0 aromatic rings. The predicted molar refractivity (Wildman–Crippen MR) is 98.7 cm³/mol. The van der Waals surface area contributed by atoms with Crippen LogP contribution >= 0.6 is 0 Å². The molecule has 127 valence electrons. The van der Waals surface area contributed by atoms with Gasteiger partial charge < -0.3 is 0 Å². The molecule has 0 N–H and O–H groups in total. The van der Waals surface area contributed by atoms with Crippen molar-refractivity contribution >= 4 is 0 Å². The van der Waals surface area contributed by atoms with E-state index in [0.29, 0.717) is 5.41 Å². The maximum atomic E-state index is 2.54. The summed E-state index contributed by atoms with van der Waals surface area (Å²) >= 11 is 0. The second kappa shape index (κ2) is 14.9. The molecule has 21 heavy (non-hydrogen) atoms. The molecule has 0 saturated carbocycles. The molecule has 0 fully saturated rings. The summed E-state index contributed by atoms with van der Waals surface area (Å²) in [4.78, 5) is 0. The Kier molecular flexibility index (Phi) is 14.9. The summed E-state index contributed by atoms with van der Waals surface area (Å²) in [5.74, 6) is 0. The fourth-order valence-corrected chi connectivity index (χ4v) is 3.26. The number of hydrogen-bond acceptors (Lipinski definition) is 0.